The molecule has 0 radical (unpaired) electrons. The Morgan fingerprint density at radius 1 is 0.373 bits per heavy atom. The average Bonchev–Trinajstić information content (AvgIpc) is 3.33. The van der Waals surface area contributed by atoms with Gasteiger partial charge in [-0.05, 0) is 51.4 Å². The fourth-order valence-electron chi connectivity index (χ4n) is 9.54. The van der Waals surface area contributed by atoms with Crippen molar-refractivity contribution < 1.29 is 29.3 Å². The Morgan fingerprint density at radius 2 is 0.627 bits per heavy atom. The predicted octanol–water partition coefficient (Wildman–Crippen LogP) is 18.7. The zero-order valence-electron chi connectivity index (χ0n) is 45.1. The minimum atomic E-state index is -2.33. The smallest absolute Gasteiger partial charge is 0.307 e. The molecule has 2 atom stereocenters. The van der Waals surface area contributed by atoms with Crippen LogP contribution in [-0.4, -0.2) is 46.1 Å². The molecule has 0 spiro atoms. The third kappa shape index (κ3) is 40.6. The van der Waals surface area contributed by atoms with E-state index in [1.807, 2.05) is 0 Å². The fraction of sp³-hybridized carbons (Fsp3) is 0.885. The van der Waals surface area contributed by atoms with E-state index in [4.69, 9.17) is 4.74 Å². The lowest BCUT2D eigenvalue weighted by Crippen LogP contribution is -2.60. The molecule has 0 aliphatic carbocycles. The highest BCUT2D eigenvalue weighted by atomic mass is 16.6. The molecule has 0 saturated carbocycles. The molecule has 0 heterocycles. The SMILES string of the molecule is CCCCCC=CCC=CCCCCCCCC(=O)C(OC(=O)CCCCCCCCCCCCCCCCC)(C(=O)CCCCCCCCCCCCCCCCCCCCC)C(O)CO. The van der Waals surface area contributed by atoms with Crippen molar-refractivity contribution in [2.75, 3.05) is 6.61 Å². The molecule has 0 fully saturated rings. The Hall–Kier alpha value is -1.79. The molecule has 0 saturated heterocycles. The van der Waals surface area contributed by atoms with Gasteiger partial charge in [-0.2, -0.15) is 0 Å². The summed E-state index contributed by atoms with van der Waals surface area (Å²) in [7, 11) is 0. The van der Waals surface area contributed by atoms with Gasteiger partial charge < -0.3 is 14.9 Å². The number of ketones is 2. The number of aliphatic hydroxyl groups excluding tert-OH is 2. The third-order valence-electron chi connectivity index (χ3n) is 14.1. The van der Waals surface area contributed by atoms with Crippen LogP contribution in [0.15, 0.2) is 24.3 Å². The Bertz CT molecular complexity index is 1130. The van der Waals surface area contributed by atoms with Gasteiger partial charge in [0.05, 0.1) is 6.61 Å². The molecular weight excluding hydrogens is 829 g/mol. The van der Waals surface area contributed by atoms with Gasteiger partial charge in [-0.1, -0.05) is 283 Å². The minimum absolute atomic E-state index is 0.0404. The van der Waals surface area contributed by atoms with Gasteiger partial charge in [-0.3, -0.25) is 14.4 Å². The molecule has 6 heteroatoms. The number of hydrogen-bond donors (Lipinski definition) is 2. The highest BCUT2D eigenvalue weighted by Gasteiger charge is 2.53. The topological polar surface area (TPSA) is 101 Å². The van der Waals surface area contributed by atoms with E-state index in [-0.39, 0.29) is 19.3 Å². The van der Waals surface area contributed by atoms with E-state index < -0.39 is 35.8 Å². The van der Waals surface area contributed by atoms with Gasteiger partial charge in [0.25, 0.3) is 5.60 Å². The summed E-state index contributed by atoms with van der Waals surface area (Å²) in [5.74, 6) is -1.75. The first-order chi connectivity index (χ1) is 32.9. The van der Waals surface area contributed by atoms with E-state index in [0.717, 1.165) is 77.0 Å². The monoisotopic (exact) mass is 943 g/mol. The van der Waals surface area contributed by atoms with Crippen LogP contribution in [-0.2, 0) is 19.1 Å². The van der Waals surface area contributed by atoms with Gasteiger partial charge in [-0.25, -0.2) is 0 Å². The van der Waals surface area contributed by atoms with E-state index in [2.05, 4.69) is 45.1 Å². The Balaban J connectivity index is 4.83. The number of aliphatic hydroxyl groups is 2. The Labute approximate surface area is 416 Å². The number of Topliss-reactive ketones (excluding diaryl/α,β-unsaturated/α-hetero) is 2. The van der Waals surface area contributed by atoms with Crippen molar-refractivity contribution in [2.24, 2.45) is 0 Å². The summed E-state index contributed by atoms with van der Waals surface area (Å²) >= 11 is 0. The Kier molecular flexibility index (Phi) is 50.7. The molecule has 0 aromatic carbocycles. The molecule has 0 rings (SSSR count). The van der Waals surface area contributed by atoms with Crippen molar-refractivity contribution in [3.63, 3.8) is 0 Å². The lowest BCUT2D eigenvalue weighted by atomic mass is 9.82. The number of hydrogen-bond acceptors (Lipinski definition) is 6. The normalized spacial score (nSPS) is 13.2. The van der Waals surface area contributed by atoms with Gasteiger partial charge in [0.2, 0.25) is 0 Å². The number of rotatable bonds is 55. The maximum absolute atomic E-state index is 14.0. The first-order valence-corrected chi connectivity index (χ1v) is 29.8. The number of esters is 1. The summed E-state index contributed by atoms with van der Waals surface area (Å²) in [6, 6.07) is 0. The van der Waals surface area contributed by atoms with Crippen LogP contribution in [0, 0.1) is 0 Å². The highest BCUT2D eigenvalue weighted by Crippen LogP contribution is 2.28. The van der Waals surface area contributed by atoms with Crippen molar-refractivity contribution in [3.05, 3.63) is 24.3 Å². The maximum Gasteiger partial charge on any atom is 0.307 e. The molecule has 0 aliphatic heterocycles. The van der Waals surface area contributed by atoms with Crippen LogP contribution < -0.4 is 0 Å². The van der Waals surface area contributed by atoms with E-state index in [1.54, 1.807) is 0 Å². The zero-order chi connectivity index (χ0) is 49.0. The fourth-order valence-corrected chi connectivity index (χ4v) is 9.54. The average molecular weight is 944 g/mol. The summed E-state index contributed by atoms with van der Waals surface area (Å²) < 4.78 is 5.84. The second-order valence-corrected chi connectivity index (χ2v) is 20.5. The first kappa shape index (κ1) is 65.2. The van der Waals surface area contributed by atoms with Crippen LogP contribution in [0.1, 0.15) is 329 Å². The molecule has 0 bridgehead atoms. The molecule has 0 aliphatic rings. The molecule has 0 amide bonds. The predicted molar refractivity (Wildman–Crippen MR) is 289 cm³/mol. The molecule has 394 valence electrons. The second-order valence-electron chi connectivity index (χ2n) is 20.5. The number of carbonyl (C=O) groups is 3. The molecule has 2 unspecified atom stereocenters. The lowest BCUT2D eigenvalue weighted by molar-refractivity contribution is -0.188. The molecule has 67 heavy (non-hydrogen) atoms. The van der Waals surface area contributed by atoms with Gasteiger partial charge in [0.15, 0.2) is 11.6 Å². The van der Waals surface area contributed by atoms with Crippen molar-refractivity contribution >= 4 is 17.5 Å². The highest BCUT2D eigenvalue weighted by molar-refractivity contribution is 6.12. The van der Waals surface area contributed by atoms with Crippen LogP contribution in [0.4, 0.5) is 0 Å². The van der Waals surface area contributed by atoms with Gasteiger partial charge in [0, 0.05) is 19.3 Å². The van der Waals surface area contributed by atoms with Crippen molar-refractivity contribution in [1.29, 1.82) is 0 Å². The zero-order valence-corrected chi connectivity index (χ0v) is 45.1. The summed E-state index contributed by atoms with van der Waals surface area (Å²) in [4.78, 5) is 41.4. The van der Waals surface area contributed by atoms with Crippen LogP contribution in [0.25, 0.3) is 0 Å². The van der Waals surface area contributed by atoms with E-state index in [1.165, 1.54) is 193 Å². The minimum Gasteiger partial charge on any atom is -0.440 e. The van der Waals surface area contributed by atoms with Crippen LogP contribution in [0.5, 0.6) is 0 Å². The molecule has 0 aromatic heterocycles. The molecule has 2 N–H and O–H groups in total. The van der Waals surface area contributed by atoms with Crippen LogP contribution >= 0.6 is 0 Å². The number of allylic oxidation sites excluding steroid dienone is 4. The van der Waals surface area contributed by atoms with Crippen molar-refractivity contribution in [1.82, 2.24) is 0 Å². The second kappa shape index (κ2) is 52.0. The third-order valence-corrected chi connectivity index (χ3v) is 14.1. The Morgan fingerprint density at radius 3 is 0.940 bits per heavy atom. The van der Waals surface area contributed by atoms with Gasteiger partial charge >= 0.3 is 5.97 Å². The van der Waals surface area contributed by atoms with Crippen molar-refractivity contribution in [3.8, 4) is 0 Å². The summed E-state index contributed by atoms with van der Waals surface area (Å²) in [6.45, 7) is 5.96. The largest absolute Gasteiger partial charge is 0.440 e. The quantitative estimate of drug-likeness (QED) is 0.0273. The van der Waals surface area contributed by atoms with Gasteiger partial charge in [0.1, 0.15) is 6.10 Å². The number of ether oxygens (including phenoxy) is 1. The van der Waals surface area contributed by atoms with E-state index >= 15 is 0 Å². The molecule has 0 aromatic rings. The number of carbonyl (C=O) groups excluding carboxylic acids is 3. The standard InChI is InChI=1S/C61H114O6/c1-4-7-10-13-16-19-22-25-28-29-30-31-34-36-39-42-45-48-51-54-58(64)61(59(65)56-62,57(63)53-50-47-44-41-38-35-32-26-23-20-17-14-11-8-5-2)67-60(66)55-52-49-46-43-40-37-33-27-24-21-18-15-12-9-6-3/h17,20,26,32,59,62,65H,4-16,18-19,21-25,27-31,33-56H2,1-3H3. The number of unbranched alkanes of at least 4 members (excludes halogenated alkanes) is 40. The summed E-state index contributed by atoms with van der Waals surface area (Å²) in [6.07, 6.45) is 61.1. The van der Waals surface area contributed by atoms with Crippen LogP contribution in [0.3, 0.4) is 0 Å². The summed E-state index contributed by atoms with van der Waals surface area (Å²) in [5, 5.41) is 21.3. The van der Waals surface area contributed by atoms with E-state index in [9.17, 15) is 24.6 Å². The molecular formula is C61H114O6. The van der Waals surface area contributed by atoms with Crippen LogP contribution in [0.2, 0.25) is 0 Å². The van der Waals surface area contributed by atoms with Gasteiger partial charge in [-0.15, -0.1) is 0 Å². The van der Waals surface area contributed by atoms with E-state index in [0.29, 0.717) is 19.3 Å². The first-order valence-electron chi connectivity index (χ1n) is 29.8. The van der Waals surface area contributed by atoms with Crippen molar-refractivity contribution in [2.45, 2.75) is 341 Å². The molecule has 6 nitrogen and oxygen atoms in total. The maximum atomic E-state index is 14.0. The summed E-state index contributed by atoms with van der Waals surface area (Å²) in [5.41, 5.74) is -2.33. The lowest BCUT2D eigenvalue weighted by Gasteiger charge is -2.34.